The van der Waals surface area contributed by atoms with Crippen LogP contribution in [0.15, 0.2) is 24.3 Å². The van der Waals surface area contributed by atoms with Gasteiger partial charge in [-0.25, -0.2) is 8.42 Å². The van der Waals surface area contributed by atoms with E-state index >= 15 is 0 Å². The number of rotatable bonds is 8. The first-order valence-electron chi connectivity index (χ1n) is 7.97. The van der Waals surface area contributed by atoms with Gasteiger partial charge in [0.1, 0.15) is 6.54 Å². The predicted octanol–water partition coefficient (Wildman–Crippen LogP) is 1.58. The van der Waals surface area contributed by atoms with Crippen molar-refractivity contribution in [1.29, 1.82) is 0 Å². The van der Waals surface area contributed by atoms with Crippen molar-refractivity contribution in [1.82, 2.24) is 5.32 Å². The maximum Gasteiger partial charge on any atom is 0.240 e. The normalized spacial score (nSPS) is 14.4. The van der Waals surface area contributed by atoms with Gasteiger partial charge in [0.25, 0.3) is 0 Å². The summed E-state index contributed by atoms with van der Waals surface area (Å²) in [6.45, 7) is 5.73. The smallest absolute Gasteiger partial charge is 0.240 e. The molecule has 0 heterocycles. The zero-order valence-corrected chi connectivity index (χ0v) is 14.8. The van der Waals surface area contributed by atoms with Gasteiger partial charge >= 0.3 is 0 Å². The van der Waals surface area contributed by atoms with Crippen LogP contribution in [0, 0.1) is 0 Å². The van der Waals surface area contributed by atoms with Crippen molar-refractivity contribution in [3.05, 3.63) is 24.3 Å². The molecule has 1 aromatic rings. The lowest BCUT2D eigenvalue weighted by atomic mass is 10.2. The van der Waals surface area contributed by atoms with E-state index in [0.717, 1.165) is 42.2 Å². The molecule has 1 N–H and O–H groups in total. The Morgan fingerprint density at radius 2 is 1.65 bits per heavy atom. The zero-order chi connectivity index (χ0) is 17.0. The molecule has 1 fully saturated rings. The van der Waals surface area contributed by atoms with E-state index < -0.39 is 10.0 Å². The van der Waals surface area contributed by atoms with Crippen LogP contribution in [0.25, 0.3) is 0 Å². The topological polar surface area (TPSA) is 69.7 Å². The number of amides is 1. The number of hydrogen-bond donors (Lipinski definition) is 1. The second-order valence-corrected chi connectivity index (χ2v) is 7.71. The average molecular weight is 339 g/mol. The Morgan fingerprint density at radius 1 is 1.13 bits per heavy atom. The fourth-order valence-electron chi connectivity index (χ4n) is 2.45. The third-order valence-electron chi connectivity index (χ3n) is 3.90. The van der Waals surface area contributed by atoms with E-state index in [1.807, 2.05) is 12.1 Å². The largest absolute Gasteiger partial charge is 0.372 e. The predicted molar refractivity (Wildman–Crippen MR) is 93.4 cm³/mol. The summed E-state index contributed by atoms with van der Waals surface area (Å²) in [5, 5.41) is 2.82. The highest BCUT2D eigenvalue weighted by atomic mass is 32.2. The van der Waals surface area contributed by atoms with E-state index in [0.29, 0.717) is 5.69 Å². The maximum atomic E-state index is 12.0. The van der Waals surface area contributed by atoms with E-state index in [-0.39, 0.29) is 18.5 Å². The van der Waals surface area contributed by atoms with E-state index in [9.17, 15) is 13.2 Å². The van der Waals surface area contributed by atoms with Crippen LogP contribution in [0.2, 0.25) is 0 Å². The Morgan fingerprint density at radius 3 is 2.09 bits per heavy atom. The van der Waals surface area contributed by atoms with Gasteiger partial charge in [-0.3, -0.25) is 9.10 Å². The second-order valence-electron chi connectivity index (χ2n) is 5.80. The van der Waals surface area contributed by atoms with Gasteiger partial charge in [0.15, 0.2) is 0 Å². The molecule has 1 saturated carbocycles. The molecule has 0 atom stereocenters. The molecule has 6 nitrogen and oxygen atoms in total. The first kappa shape index (κ1) is 17.6. The molecule has 7 heteroatoms. The summed E-state index contributed by atoms with van der Waals surface area (Å²) in [5.41, 5.74) is 1.55. The Hall–Kier alpha value is -1.76. The molecule has 0 aromatic heterocycles. The van der Waals surface area contributed by atoms with Crippen LogP contribution in [-0.2, 0) is 14.8 Å². The lowest BCUT2D eigenvalue weighted by molar-refractivity contribution is -0.119. The number of anilines is 2. The monoisotopic (exact) mass is 339 g/mol. The fourth-order valence-corrected chi connectivity index (χ4v) is 3.31. The summed E-state index contributed by atoms with van der Waals surface area (Å²) in [6.07, 6.45) is 3.07. The molecule has 1 aliphatic carbocycles. The minimum absolute atomic E-state index is 0.181. The fraction of sp³-hybridized carbons (Fsp3) is 0.562. The molecular formula is C16H25N3O3S. The minimum atomic E-state index is -3.51. The van der Waals surface area contributed by atoms with Crippen molar-refractivity contribution in [3.8, 4) is 0 Å². The van der Waals surface area contributed by atoms with Crippen molar-refractivity contribution in [3.63, 3.8) is 0 Å². The third kappa shape index (κ3) is 4.86. The van der Waals surface area contributed by atoms with Crippen LogP contribution in [0.4, 0.5) is 11.4 Å². The summed E-state index contributed by atoms with van der Waals surface area (Å²) in [7, 11) is -3.51. The molecule has 0 spiro atoms. The highest BCUT2D eigenvalue weighted by molar-refractivity contribution is 7.92. The van der Waals surface area contributed by atoms with Crippen molar-refractivity contribution in [2.45, 2.75) is 32.7 Å². The number of carbonyl (C=O) groups is 1. The molecule has 0 aliphatic heterocycles. The molecule has 1 amide bonds. The SMILES string of the molecule is CCN(CC)c1ccc(N(CC(=O)NC2CC2)S(C)(=O)=O)cc1. The molecule has 2 rings (SSSR count). The number of hydrogen-bond acceptors (Lipinski definition) is 4. The summed E-state index contributed by atoms with van der Waals surface area (Å²) in [6, 6.07) is 7.49. The van der Waals surface area contributed by atoms with Crippen molar-refractivity contribution in [2.75, 3.05) is 35.1 Å². The van der Waals surface area contributed by atoms with Crippen LogP contribution in [0.1, 0.15) is 26.7 Å². The number of carbonyl (C=O) groups excluding carboxylic acids is 1. The van der Waals surface area contributed by atoms with Gasteiger partial charge in [0.2, 0.25) is 15.9 Å². The average Bonchev–Trinajstić information content (AvgIpc) is 3.30. The molecule has 0 saturated heterocycles. The standard InChI is InChI=1S/C16H25N3O3S/c1-4-18(5-2)14-8-10-15(11-9-14)19(23(3,21)22)12-16(20)17-13-6-7-13/h8-11,13H,4-7,12H2,1-3H3,(H,17,20). The van der Waals surface area contributed by atoms with E-state index in [1.54, 1.807) is 12.1 Å². The lowest BCUT2D eigenvalue weighted by Crippen LogP contribution is -2.41. The molecule has 23 heavy (non-hydrogen) atoms. The van der Waals surface area contributed by atoms with Crippen LogP contribution in [-0.4, -0.2) is 46.3 Å². The Bertz CT molecular complexity index is 635. The summed E-state index contributed by atoms with van der Waals surface area (Å²) >= 11 is 0. The van der Waals surface area contributed by atoms with Crippen LogP contribution in [0.3, 0.4) is 0 Å². The van der Waals surface area contributed by atoms with Gasteiger partial charge in [-0.05, 0) is 51.0 Å². The summed E-state index contributed by atoms with van der Waals surface area (Å²) in [4.78, 5) is 14.1. The number of nitrogens with one attached hydrogen (secondary N) is 1. The molecule has 1 aliphatic rings. The van der Waals surface area contributed by atoms with Gasteiger partial charge in [-0.15, -0.1) is 0 Å². The Kier molecular flexibility index (Phi) is 5.51. The van der Waals surface area contributed by atoms with Crippen molar-refractivity contribution in [2.24, 2.45) is 0 Å². The van der Waals surface area contributed by atoms with Gasteiger partial charge < -0.3 is 10.2 Å². The molecule has 128 valence electrons. The third-order valence-corrected chi connectivity index (χ3v) is 5.04. The quantitative estimate of drug-likeness (QED) is 0.781. The molecule has 0 bridgehead atoms. The van der Waals surface area contributed by atoms with Crippen LogP contribution >= 0.6 is 0 Å². The molecule has 1 aromatic carbocycles. The highest BCUT2D eigenvalue weighted by Crippen LogP contribution is 2.23. The first-order valence-corrected chi connectivity index (χ1v) is 9.82. The first-order chi connectivity index (χ1) is 10.8. The van der Waals surface area contributed by atoms with Gasteiger partial charge in [-0.2, -0.15) is 0 Å². The summed E-state index contributed by atoms with van der Waals surface area (Å²) < 4.78 is 25.2. The molecule has 0 radical (unpaired) electrons. The maximum absolute atomic E-state index is 12.0. The number of benzene rings is 1. The number of sulfonamides is 1. The number of nitrogens with zero attached hydrogens (tertiary/aromatic N) is 2. The lowest BCUT2D eigenvalue weighted by Gasteiger charge is -2.24. The van der Waals surface area contributed by atoms with E-state index in [1.165, 1.54) is 0 Å². The van der Waals surface area contributed by atoms with Gasteiger partial charge in [0.05, 0.1) is 11.9 Å². The van der Waals surface area contributed by atoms with Crippen LogP contribution < -0.4 is 14.5 Å². The minimum Gasteiger partial charge on any atom is -0.372 e. The Labute approximate surface area is 138 Å². The second kappa shape index (κ2) is 7.21. The zero-order valence-electron chi connectivity index (χ0n) is 13.9. The van der Waals surface area contributed by atoms with Crippen molar-refractivity contribution < 1.29 is 13.2 Å². The summed E-state index contributed by atoms with van der Waals surface area (Å²) in [5.74, 6) is -0.259. The van der Waals surface area contributed by atoms with Gasteiger partial charge in [0, 0.05) is 24.8 Å². The molecule has 0 unspecified atom stereocenters. The van der Waals surface area contributed by atoms with E-state index in [4.69, 9.17) is 0 Å². The van der Waals surface area contributed by atoms with Crippen molar-refractivity contribution >= 4 is 27.3 Å². The van der Waals surface area contributed by atoms with Crippen LogP contribution in [0.5, 0.6) is 0 Å². The van der Waals surface area contributed by atoms with E-state index in [2.05, 4.69) is 24.1 Å². The van der Waals surface area contributed by atoms with Gasteiger partial charge in [-0.1, -0.05) is 0 Å². The Balaban J connectivity index is 2.16. The molecular weight excluding hydrogens is 314 g/mol. The highest BCUT2D eigenvalue weighted by Gasteiger charge is 2.26.